The number of amides is 7. The van der Waals surface area contributed by atoms with Crippen LogP contribution < -0.4 is 26.6 Å². The Morgan fingerprint density at radius 3 is 2.31 bits per heavy atom. The van der Waals surface area contributed by atoms with Crippen molar-refractivity contribution in [2.24, 2.45) is 46.8 Å². The lowest BCUT2D eigenvalue weighted by molar-refractivity contribution is -0.151. The molecular formula is C47H72N10O9S2. The molecule has 68 heavy (non-hydrogen) atoms. The molecule has 0 aromatic rings. The first-order valence-electron chi connectivity index (χ1n) is 25.7. The van der Waals surface area contributed by atoms with Gasteiger partial charge in [0.25, 0.3) is 0 Å². The smallest absolute Gasteiger partial charge is 0.249 e. The van der Waals surface area contributed by atoms with Crippen molar-refractivity contribution in [2.45, 2.75) is 120 Å². The highest BCUT2D eigenvalue weighted by Gasteiger charge is 2.59. The quantitative estimate of drug-likeness (QED) is 0.147. The van der Waals surface area contributed by atoms with Crippen molar-refractivity contribution in [1.29, 1.82) is 0 Å². The van der Waals surface area contributed by atoms with Gasteiger partial charge in [0.1, 0.15) is 11.5 Å². The van der Waals surface area contributed by atoms with Crippen LogP contribution in [-0.2, 0) is 43.6 Å². The van der Waals surface area contributed by atoms with Crippen LogP contribution in [0.4, 0.5) is 0 Å². The number of carbonyl (C=O) groups is 7. The Balaban J connectivity index is 0.628. The number of sulfonamides is 1. The first-order valence-corrected chi connectivity index (χ1v) is 28.6. The number of imide groups is 2. The molecule has 0 aromatic heterocycles. The lowest BCUT2D eigenvalue weighted by Gasteiger charge is -2.47. The summed E-state index contributed by atoms with van der Waals surface area (Å²) in [4.78, 5) is 99.1. The standard InChI is InChI=1S/C47H72N10O9S2/c1-68(65,66)56-14-10-32(26-56)41(60)49-22-40(59)52-46-50-36(27-67-46)31-4-2-3-29(19-31)30-9-13-48-38(20-30)47(11-12-47)45(64)55-24-28(25-55)23-53-15-17-54(18-16-53)33-5-6-34-35(21-33)44(63)57(43(34)62)37-7-8-39(58)51-42(37)61/h28-38,46,48,50H,2-27H2,1H3,(H,49,60)(H,52,59)(H,51,58,61). The summed E-state index contributed by atoms with van der Waals surface area (Å²) in [6.45, 7) is 7.61. The summed E-state index contributed by atoms with van der Waals surface area (Å²) in [7, 11) is -3.34. The SMILES string of the molecule is CS(=O)(=O)N1CCC(C(=O)NCC(=O)NC2NC(C3CCCC(C4CCNC(C5(C(=O)N6CC(CN7CCN(C8CCC9C(=O)N(C%10CCC(=O)NC%10=O)C(=O)C9C8)CC7)C6)CC5)C4)C3)CS2)C1. The number of rotatable bonds is 13. The molecule has 3 saturated carbocycles. The molecule has 7 aliphatic heterocycles. The van der Waals surface area contributed by atoms with Gasteiger partial charge in [0.05, 0.1) is 36.0 Å². The molecule has 21 heteroatoms. The minimum atomic E-state index is -3.34. The van der Waals surface area contributed by atoms with Crippen LogP contribution in [0.15, 0.2) is 0 Å². The monoisotopic (exact) mass is 984 g/mol. The average Bonchev–Trinajstić information content (AvgIpc) is 3.59. The molecule has 10 fully saturated rings. The van der Waals surface area contributed by atoms with E-state index in [0.29, 0.717) is 61.4 Å². The third kappa shape index (κ3) is 10.0. The Hall–Kier alpha value is -3.21. The summed E-state index contributed by atoms with van der Waals surface area (Å²) < 4.78 is 25.0. The summed E-state index contributed by atoms with van der Waals surface area (Å²) in [5, 5.41) is 15.5. The number of fused-ring (bicyclic) bond motifs is 1. The molecule has 10 aliphatic rings. The number of thioether (sulfide) groups is 1. The van der Waals surface area contributed by atoms with E-state index in [-0.39, 0.29) is 84.4 Å². The summed E-state index contributed by atoms with van der Waals surface area (Å²) >= 11 is 1.70. The van der Waals surface area contributed by atoms with Gasteiger partial charge in [-0.2, -0.15) is 0 Å². The zero-order valence-corrected chi connectivity index (χ0v) is 41.2. The zero-order chi connectivity index (χ0) is 47.5. The maximum absolute atomic E-state index is 14.2. The molecule has 5 N–H and O–H groups in total. The van der Waals surface area contributed by atoms with Crippen molar-refractivity contribution in [3.63, 3.8) is 0 Å². The van der Waals surface area contributed by atoms with E-state index >= 15 is 0 Å². The lowest BCUT2D eigenvalue weighted by atomic mass is 9.68. The van der Waals surface area contributed by atoms with Crippen LogP contribution in [0.2, 0.25) is 0 Å². The molecule has 0 spiro atoms. The van der Waals surface area contributed by atoms with E-state index in [2.05, 4.69) is 41.3 Å². The van der Waals surface area contributed by atoms with Crippen molar-refractivity contribution in [3.05, 3.63) is 0 Å². The van der Waals surface area contributed by atoms with E-state index in [0.717, 1.165) is 103 Å². The first kappa shape index (κ1) is 48.4. The first-order chi connectivity index (χ1) is 32.6. The number of piperazine rings is 1. The summed E-state index contributed by atoms with van der Waals surface area (Å²) in [5.74, 6) is 0.316. The van der Waals surface area contributed by atoms with Crippen molar-refractivity contribution < 1.29 is 42.0 Å². The molecule has 0 aromatic carbocycles. The molecule has 11 unspecified atom stereocenters. The van der Waals surface area contributed by atoms with Crippen molar-refractivity contribution in [2.75, 3.05) is 84.0 Å². The maximum Gasteiger partial charge on any atom is 0.249 e. The van der Waals surface area contributed by atoms with E-state index in [1.807, 2.05) is 0 Å². The van der Waals surface area contributed by atoms with E-state index in [1.165, 1.54) is 28.5 Å². The Morgan fingerprint density at radius 1 is 0.824 bits per heavy atom. The van der Waals surface area contributed by atoms with Crippen LogP contribution in [0.5, 0.6) is 0 Å². The van der Waals surface area contributed by atoms with Gasteiger partial charge in [0.15, 0.2) is 0 Å². The summed E-state index contributed by atoms with van der Waals surface area (Å²) in [5.41, 5.74) is -0.485. The van der Waals surface area contributed by atoms with Crippen molar-refractivity contribution >= 4 is 63.1 Å². The number of hydrogen-bond acceptors (Lipinski definition) is 14. The second kappa shape index (κ2) is 19.8. The molecule has 376 valence electrons. The highest BCUT2D eigenvalue weighted by atomic mass is 32.2. The maximum atomic E-state index is 14.2. The minimum absolute atomic E-state index is 0.134. The Morgan fingerprint density at radius 2 is 1.57 bits per heavy atom. The Bertz CT molecular complexity index is 2110. The van der Waals surface area contributed by atoms with Crippen molar-refractivity contribution in [1.82, 2.24) is 50.5 Å². The number of carbonyl (C=O) groups excluding carboxylic acids is 7. The molecule has 10 rings (SSSR count). The topological polar surface area (TPSA) is 230 Å². The Labute approximate surface area is 404 Å². The number of hydrogen-bond donors (Lipinski definition) is 5. The molecule has 11 atom stereocenters. The van der Waals surface area contributed by atoms with Crippen LogP contribution in [0.25, 0.3) is 0 Å². The molecule has 7 saturated heterocycles. The highest BCUT2D eigenvalue weighted by molar-refractivity contribution is 8.00. The Kier molecular flexibility index (Phi) is 14.1. The fraction of sp³-hybridized carbons (Fsp3) is 0.851. The summed E-state index contributed by atoms with van der Waals surface area (Å²) in [6, 6.07) is -0.125. The molecule has 19 nitrogen and oxygen atoms in total. The fourth-order valence-corrected chi connectivity index (χ4v) is 16.0. The number of piperidine rings is 2. The van der Waals surface area contributed by atoms with Gasteiger partial charge >= 0.3 is 0 Å². The van der Waals surface area contributed by atoms with Gasteiger partial charge < -0.3 is 25.8 Å². The number of nitrogens with zero attached hydrogens (tertiary/aromatic N) is 5. The van der Waals surface area contributed by atoms with Crippen LogP contribution in [0, 0.1) is 46.8 Å². The van der Waals surface area contributed by atoms with Crippen molar-refractivity contribution in [3.8, 4) is 0 Å². The molecular weight excluding hydrogens is 913 g/mol. The van der Waals surface area contributed by atoms with Crippen LogP contribution in [0.1, 0.15) is 89.9 Å². The lowest BCUT2D eigenvalue weighted by Crippen LogP contribution is -2.60. The zero-order valence-electron chi connectivity index (χ0n) is 39.5. The van der Waals surface area contributed by atoms with E-state index in [9.17, 15) is 42.0 Å². The minimum Gasteiger partial charge on any atom is -0.347 e. The third-order valence-electron chi connectivity index (χ3n) is 18.0. The van der Waals surface area contributed by atoms with E-state index in [1.54, 1.807) is 11.8 Å². The third-order valence-corrected chi connectivity index (χ3v) is 20.4. The number of nitrogens with one attached hydrogen (secondary N) is 5. The second-order valence-corrected chi connectivity index (χ2v) is 25.2. The normalized spacial score (nSPS) is 37.4. The molecule has 0 bridgehead atoms. The second-order valence-electron chi connectivity index (χ2n) is 22.1. The van der Waals surface area contributed by atoms with Gasteiger partial charge in [0, 0.05) is 95.1 Å². The van der Waals surface area contributed by atoms with E-state index in [4.69, 9.17) is 0 Å². The largest absolute Gasteiger partial charge is 0.347 e. The van der Waals surface area contributed by atoms with Gasteiger partial charge in [0.2, 0.25) is 51.4 Å². The van der Waals surface area contributed by atoms with E-state index < -0.39 is 33.8 Å². The number of likely N-dealkylation sites (tertiary alicyclic amines) is 2. The van der Waals surface area contributed by atoms with Gasteiger partial charge in [-0.1, -0.05) is 12.8 Å². The molecule has 3 aliphatic carbocycles. The molecule has 0 radical (unpaired) electrons. The van der Waals surface area contributed by atoms with Crippen LogP contribution in [0.3, 0.4) is 0 Å². The van der Waals surface area contributed by atoms with Gasteiger partial charge in [-0.05, 0) is 94.9 Å². The molecule has 7 heterocycles. The van der Waals surface area contributed by atoms with Crippen LogP contribution in [-0.4, -0.2) is 187 Å². The van der Waals surface area contributed by atoms with Crippen LogP contribution >= 0.6 is 11.8 Å². The molecule has 7 amide bonds. The van der Waals surface area contributed by atoms with Gasteiger partial charge in [-0.15, -0.1) is 11.8 Å². The summed E-state index contributed by atoms with van der Waals surface area (Å²) in [6.07, 6.45) is 12.9. The predicted octanol–water partition coefficient (Wildman–Crippen LogP) is -0.521. The fourth-order valence-electron chi connectivity index (χ4n) is 13.9. The highest BCUT2D eigenvalue weighted by Crippen LogP contribution is 2.54. The van der Waals surface area contributed by atoms with Gasteiger partial charge in [-0.3, -0.25) is 54.0 Å². The predicted molar refractivity (Wildman–Crippen MR) is 251 cm³/mol. The average molecular weight is 985 g/mol. The van der Waals surface area contributed by atoms with Gasteiger partial charge in [-0.25, -0.2) is 12.7 Å².